The minimum atomic E-state index is -0.566. The van der Waals surface area contributed by atoms with Gasteiger partial charge in [0.15, 0.2) is 0 Å². The van der Waals surface area contributed by atoms with Crippen molar-refractivity contribution in [1.29, 1.82) is 0 Å². The number of carbonyl (C=O) groups is 1. The zero-order valence-electron chi connectivity index (χ0n) is 15.9. The van der Waals surface area contributed by atoms with Gasteiger partial charge in [-0.05, 0) is 29.7 Å². The van der Waals surface area contributed by atoms with Crippen molar-refractivity contribution in [2.45, 2.75) is 32.0 Å². The highest BCUT2D eigenvalue weighted by molar-refractivity contribution is 5.77. The topological polar surface area (TPSA) is 70.4 Å². The highest BCUT2D eigenvalue weighted by Crippen LogP contribution is 2.18. The number of hydrogen-bond donors (Lipinski definition) is 2. The van der Waals surface area contributed by atoms with Crippen molar-refractivity contribution in [3.8, 4) is 0 Å². The molecule has 28 heavy (non-hydrogen) atoms. The van der Waals surface area contributed by atoms with Crippen molar-refractivity contribution >= 4 is 16.9 Å². The molecule has 6 nitrogen and oxygen atoms in total. The third kappa shape index (κ3) is 4.40. The molecule has 0 aliphatic carbocycles. The number of benzene rings is 2. The number of hydrogen-bond acceptors (Lipinski definition) is 4. The second-order valence-corrected chi connectivity index (χ2v) is 7.39. The van der Waals surface area contributed by atoms with E-state index >= 15 is 0 Å². The van der Waals surface area contributed by atoms with Crippen LogP contribution in [0.3, 0.4) is 0 Å². The lowest BCUT2D eigenvalue weighted by Crippen LogP contribution is -2.42. The van der Waals surface area contributed by atoms with Crippen LogP contribution < -0.4 is 5.32 Å². The summed E-state index contributed by atoms with van der Waals surface area (Å²) in [4.78, 5) is 18.7. The van der Waals surface area contributed by atoms with Crippen molar-refractivity contribution < 1.29 is 9.90 Å². The van der Waals surface area contributed by atoms with Crippen LogP contribution in [0.4, 0.5) is 0 Å². The quantitative estimate of drug-likeness (QED) is 0.659. The van der Waals surface area contributed by atoms with Gasteiger partial charge < -0.3 is 15.0 Å². The first-order chi connectivity index (χ1) is 13.7. The molecule has 0 spiro atoms. The molecule has 0 unspecified atom stereocenters. The summed E-state index contributed by atoms with van der Waals surface area (Å²) >= 11 is 0. The van der Waals surface area contributed by atoms with Gasteiger partial charge in [-0.3, -0.25) is 9.69 Å². The molecule has 2 aromatic carbocycles. The molecule has 4 rings (SSSR count). The Balaban J connectivity index is 1.20. The van der Waals surface area contributed by atoms with E-state index < -0.39 is 6.10 Å². The summed E-state index contributed by atoms with van der Waals surface area (Å²) in [6.07, 6.45) is 2.57. The molecule has 0 saturated carbocycles. The van der Waals surface area contributed by atoms with Crippen LogP contribution in [0.2, 0.25) is 0 Å². The van der Waals surface area contributed by atoms with Crippen molar-refractivity contribution in [2.75, 3.05) is 19.6 Å². The predicted molar refractivity (Wildman–Crippen MR) is 109 cm³/mol. The number of amides is 1. The van der Waals surface area contributed by atoms with E-state index in [2.05, 4.69) is 39.5 Å². The molecule has 1 aromatic heterocycles. The highest BCUT2D eigenvalue weighted by Gasteiger charge is 2.18. The second kappa shape index (κ2) is 8.54. The number of aryl methyl sites for hydroxylation is 1. The largest absolute Gasteiger partial charge is 0.390 e. The standard InChI is InChI=1S/C22H26N4O2/c27-19(15-25-11-9-17-5-1-2-6-18(17)14-25)13-23-22(28)10-12-26-16-24-20-7-3-4-8-21(20)26/h1-8,16,19,27H,9-15H2,(H,23,28)/t19-/m1/s1. The molecule has 1 amide bonds. The molecule has 1 aliphatic rings. The lowest BCUT2D eigenvalue weighted by molar-refractivity contribution is -0.121. The number of nitrogens with one attached hydrogen (secondary N) is 1. The molecule has 0 saturated heterocycles. The Morgan fingerprint density at radius 3 is 2.82 bits per heavy atom. The number of imidazole rings is 1. The number of aliphatic hydroxyl groups excluding tert-OH is 1. The summed E-state index contributed by atoms with van der Waals surface area (Å²) in [7, 11) is 0. The van der Waals surface area contributed by atoms with E-state index in [1.165, 1.54) is 11.1 Å². The van der Waals surface area contributed by atoms with Gasteiger partial charge >= 0.3 is 0 Å². The summed E-state index contributed by atoms with van der Waals surface area (Å²) in [5.41, 5.74) is 4.69. The summed E-state index contributed by atoms with van der Waals surface area (Å²) in [5.74, 6) is -0.0548. The van der Waals surface area contributed by atoms with Gasteiger partial charge in [0.2, 0.25) is 5.91 Å². The number of aromatic nitrogens is 2. The van der Waals surface area contributed by atoms with Crippen LogP contribution in [0.1, 0.15) is 17.5 Å². The third-order valence-corrected chi connectivity index (χ3v) is 5.32. The average Bonchev–Trinajstić information content (AvgIpc) is 3.14. The molecule has 0 bridgehead atoms. The Kier molecular flexibility index (Phi) is 5.69. The Morgan fingerprint density at radius 1 is 1.14 bits per heavy atom. The van der Waals surface area contributed by atoms with E-state index in [4.69, 9.17) is 0 Å². The maximum Gasteiger partial charge on any atom is 0.221 e. The minimum Gasteiger partial charge on any atom is -0.390 e. The van der Waals surface area contributed by atoms with E-state index in [9.17, 15) is 9.90 Å². The Labute approximate surface area is 164 Å². The first kappa shape index (κ1) is 18.7. The Hall–Kier alpha value is -2.70. The van der Waals surface area contributed by atoms with E-state index in [0.717, 1.165) is 30.5 Å². The number of nitrogens with zero attached hydrogens (tertiary/aromatic N) is 3. The van der Waals surface area contributed by atoms with Gasteiger partial charge in [-0.25, -0.2) is 4.98 Å². The van der Waals surface area contributed by atoms with Crippen LogP contribution in [0.25, 0.3) is 11.0 Å². The van der Waals surface area contributed by atoms with Gasteiger partial charge in [0.05, 0.1) is 23.5 Å². The maximum atomic E-state index is 12.2. The summed E-state index contributed by atoms with van der Waals surface area (Å²) in [5, 5.41) is 13.2. The maximum absolute atomic E-state index is 12.2. The highest BCUT2D eigenvalue weighted by atomic mass is 16.3. The van der Waals surface area contributed by atoms with Crippen LogP contribution in [0.5, 0.6) is 0 Å². The van der Waals surface area contributed by atoms with Crippen LogP contribution in [0, 0.1) is 0 Å². The summed E-state index contributed by atoms with van der Waals surface area (Å²) in [6.45, 7) is 3.22. The van der Waals surface area contributed by atoms with E-state index in [1.807, 2.05) is 28.8 Å². The molecule has 1 atom stereocenters. The van der Waals surface area contributed by atoms with Crippen molar-refractivity contribution in [3.63, 3.8) is 0 Å². The van der Waals surface area contributed by atoms with Crippen molar-refractivity contribution in [2.24, 2.45) is 0 Å². The van der Waals surface area contributed by atoms with Crippen LogP contribution in [-0.2, 0) is 24.3 Å². The fourth-order valence-electron chi connectivity index (χ4n) is 3.80. The van der Waals surface area contributed by atoms with Gasteiger partial charge in [0.1, 0.15) is 0 Å². The normalized spacial score (nSPS) is 15.3. The van der Waals surface area contributed by atoms with Crippen molar-refractivity contribution in [1.82, 2.24) is 19.8 Å². The van der Waals surface area contributed by atoms with Gasteiger partial charge in [0, 0.05) is 39.1 Å². The van der Waals surface area contributed by atoms with Gasteiger partial charge in [-0.1, -0.05) is 36.4 Å². The first-order valence-corrected chi connectivity index (χ1v) is 9.83. The molecule has 146 valence electrons. The minimum absolute atomic E-state index is 0.0548. The number of aliphatic hydroxyl groups is 1. The van der Waals surface area contributed by atoms with Gasteiger partial charge in [-0.15, -0.1) is 0 Å². The summed E-state index contributed by atoms with van der Waals surface area (Å²) in [6, 6.07) is 16.3. The molecular formula is C22H26N4O2. The third-order valence-electron chi connectivity index (χ3n) is 5.32. The monoisotopic (exact) mass is 378 g/mol. The molecule has 0 radical (unpaired) electrons. The SMILES string of the molecule is O=C(CCn1cnc2ccccc21)NC[C@@H](O)CN1CCc2ccccc2C1. The first-order valence-electron chi connectivity index (χ1n) is 9.83. The lowest BCUT2D eigenvalue weighted by atomic mass is 10.00. The number of carbonyl (C=O) groups excluding carboxylic acids is 1. The average molecular weight is 378 g/mol. The van der Waals surface area contributed by atoms with Gasteiger partial charge in [-0.2, -0.15) is 0 Å². The Bertz CT molecular complexity index is 952. The second-order valence-electron chi connectivity index (χ2n) is 7.39. The van der Waals surface area contributed by atoms with Crippen LogP contribution in [-0.4, -0.2) is 51.2 Å². The number of β-amino-alcohol motifs (C(OH)–C–C–N with tert-alkyl or cyclic N) is 1. The van der Waals surface area contributed by atoms with Crippen LogP contribution >= 0.6 is 0 Å². The zero-order chi connectivity index (χ0) is 19.3. The number of para-hydroxylation sites is 2. The fourth-order valence-corrected chi connectivity index (χ4v) is 3.80. The van der Waals surface area contributed by atoms with E-state index in [-0.39, 0.29) is 12.5 Å². The molecule has 1 aliphatic heterocycles. The lowest BCUT2D eigenvalue weighted by Gasteiger charge is -2.30. The van der Waals surface area contributed by atoms with Crippen LogP contribution in [0.15, 0.2) is 54.9 Å². The van der Waals surface area contributed by atoms with E-state index in [1.54, 1.807) is 6.33 Å². The molecule has 2 N–H and O–H groups in total. The Morgan fingerprint density at radius 2 is 1.93 bits per heavy atom. The molecule has 2 heterocycles. The zero-order valence-corrected chi connectivity index (χ0v) is 15.9. The predicted octanol–water partition coefficient (Wildman–Crippen LogP) is 1.96. The fraction of sp³-hybridized carbons (Fsp3) is 0.364. The van der Waals surface area contributed by atoms with Gasteiger partial charge in [0.25, 0.3) is 0 Å². The van der Waals surface area contributed by atoms with Crippen molar-refractivity contribution in [3.05, 3.63) is 66.0 Å². The van der Waals surface area contributed by atoms with E-state index in [0.29, 0.717) is 19.5 Å². The molecule has 6 heteroatoms. The molecule has 3 aromatic rings. The molecule has 0 fully saturated rings. The smallest absolute Gasteiger partial charge is 0.221 e. The number of rotatable bonds is 7. The molecular weight excluding hydrogens is 352 g/mol. The summed E-state index contributed by atoms with van der Waals surface area (Å²) < 4.78 is 1.98. The number of fused-ring (bicyclic) bond motifs is 2.